The van der Waals surface area contributed by atoms with Gasteiger partial charge in [0.25, 0.3) is 0 Å². The van der Waals surface area contributed by atoms with Crippen molar-refractivity contribution in [1.29, 1.82) is 0 Å². The van der Waals surface area contributed by atoms with Gasteiger partial charge in [0.1, 0.15) is 0 Å². The zero-order valence-corrected chi connectivity index (χ0v) is 13.2. The van der Waals surface area contributed by atoms with E-state index in [9.17, 15) is 0 Å². The van der Waals surface area contributed by atoms with Crippen LogP contribution in [0.15, 0.2) is 0 Å². The maximum absolute atomic E-state index is 6.42. The van der Waals surface area contributed by atoms with Crippen molar-refractivity contribution in [3.8, 4) is 0 Å². The van der Waals surface area contributed by atoms with E-state index in [0.717, 1.165) is 12.3 Å². The van der Waals surface area contributed by atoms with Crippen LogP contribution in [0.4, 0.5) is 0 Å². The Morgan fingerprint density at radius 3 is 2.32 bits per heavy atom. The van der Waals surface area contributed by atoms with Gasteiger partial charge in [0.15, 0.2) is 0 Å². The van der Waals surface area contributed by atoms with Gasteiger partial charge in [-0.1, -0.05) is 27.7 Å². The quantitative estimate of drug-likeness (QED) is 0.780. The molecule has 0 aromatic rings. The molecule has 108 valence electrons. The van der Waals surface area contributed by atoms with Crippen molar-refractivity contribution < 1.29 is 9.31 Å². The van der Waals surface area contributed by atoms with Crippen LogP contribution in [0.2, 0.25) is 0 Å². The third-order valence-electron chi connectivity index (χ3n) is 6.64. The zero-order valence-electron chi connectivity index (χ0n) is 13.2. The van der Waals surface area contributed by atoms with Crippen molar-refractivity contribution >= 4 is 7.12 Å². The number of hydrogen-bond acceptors (Lipinski definition) is 3. The van der Waals surface area contributed by atoms with Crippen LogP contribution in [0.3, 0.4) is 0 Å². The first kappa shape index (κ1) is 13.9. The van der Waals surface area contributed by atoms with Crippen LogP contribution in [-0.2, 0) is 9.31 Å². The monoisotopic (exact) mass is 265 g/mol. The highest BCUT2D eigenvalue weighted by molar-refractivity contribution is 6.47. The summed E-state index contributed by atoms with van der Waals surface area (Å²) in [5.41, 5.74) is 6.32. The molecule has 1 heterocycles. The highest BCUT2D eigenvalue weighted by Crippen LogP contribution is 2.69. The lowest BCUT2D eigenvalue weighted by Gasteiger charge is -2.67. The second kappa shape index (κ2) is 3.77. The Labute approximate surface area is 117 Å². The van der Waals surface area contributed by atoms with Crippen LogP contribution in [0.25, 0.3) is 0 Å². The molecule has 4 fully saturated rings. The molecule has 0 amide bonds. The lowest BCUT2D eigenvalue weighted by atomic mass is 9.41. The fourth-order valence-electron chi connectivity index (χ4n) is 4.70. The summed E-state index contributed by atoms with van der Waals surface area (Å²) >= 11 is 0. The van der Waals surface area contributed by atoms with Crippen LogP contribution in [0.5, 0.6) is 0 Å². The third kappa shape index (κ3) is 1.57. The molecular weight excluding hydrogens is 237 g/mol. The first-order valence-corrected chi connectivity index (χ1v) is 7.73. The van der Waals surface area contributed by atoms with Crippen LogP contribution < -0.4 is 5.73 Å². The molecular formula is C15H28BNO2. The molecule has 3 nitrogen and oxygen atoms in total. The van der Waals surface area contributed by atoms with E-state index in [0.29, 0.717) is 17.3 Å². The molecule has 4 heteroatoms. The largest absolute Gasteiger partial charge is 0.476 e. The van der Waals surface area contributed by atoms with E-state index in [1.165, 1.54) is 6.42 Å². The van der Waals surface area contributed by atoms with Crippen molar-refractivity contribution in [3.63, 3.8) is 0 Å². The summed E-state index contributed by atoms with van der Waals surface area (Å²) < 4.78 is 12.7. The Bertz CT molecular complexity index is 400. The standard InChI is InChI=1S/C15H28BNO2/c1-9(2)12(17)16-18-14(5)8-10-7-11(13(10,3)4)15(14,6)19-16/h9-12H,7-8,17H2,1-6H3/t10-,11-,12-,14+,15-/m0/s1. The molecule has 3 aliphatic carbocycles. The molecule has 0 unspecified atom stereocenters. The minimum Gasteiger partial charge on any atom is -0.402 e. The molecule has 1 saturated heterocycles. The molecule has 2 N–H and O–H groups in total. The van der Waals surface area contributed by atoms with Crippen molar-refractivity contribution in [2.45, 2.75) is 71.5 Å². The molecule has 0 aromatic carbocycles. The van der Waals surface area contributed by atoms with Gasteiger partial charge in [-0.15, -0.1) is 0 Å². The summed E-state index contributed by atoms with van der Waals surface area (Å²) in [5, 5.41) is 0. The Morgan fingerprint density at radius 2 is 1.79 bits per heavy atom. The van der Waals surface area contributed by atoms with Crippen LogP contribution >= 0.6 is 0 Å². The topological polar surface area (TPSA) is 44.5 Å². The molecule has 0 spiro atoms. The van der Waals surface area contributed by atoms with Gasteiger partial charge in [-0.3, -0.25) is 0 Å². The predicted molar refractivity (Wildman–Crippen MR) is 77.5 cm³/mol. The maximum atomic E-state index is 6.42. The van der Waals surface area contributed by atoms with Crippen molar-refractivity contribution in [2.75, 3.05) is 0 Å². The minimum atomic E-state index is -0.245. The molecule has 4 rings (SSSR count). The Hall–Kier alpha value is -0.0551. The summed E-state index contributed by atoms with van der Waals surface area (Å²) in [6, 6.07) is 0. The van der Waals surface area contributed by atoms with E-state index in [2.05, 4.69) is 41.5 Å². The van der Waals surface area contributed by atoms with E-state index in [4.69, 9.17) is 15.0 Å². The predicted octanol–water partition coefficient (Wildman–Crippen LogP) is 2.63. The first-order chi connectivity index (χ1) is 8.62. The smallest absolute Gasteiger partial charge is 0.402 e. The van der Waals surface area contributed by atoms with Crippen LogP contribution in [0.1, 0.15) is 54.4 Å². The van der Waals surface area contributed by atoms with E-state index < -0.39 is 0 Å². The third-order valence-corrected chi connectivity index (χ3v) is 6.64. The van der Waals surface area contributed by atoms with Gasteiger partial charge in [-0.05, 0) is 49.9 Å². The van der Waals surface area contributed by atoms with E-state index >= 15 is 0 Å². The Morgan fingerprint density at radius 1 is 1.16 bits per heavy atom. The molecule has 2 bridgehead atoms. The number of nitrogens with two attached hydrogens (primary N) is 1. The molecule has 1 aliphatic heterocycles. The minimum absolute atomic E-state index is 0.0421. The van der Waals surface area contributed by atoms with Crippen molar-refractivity contribution in [2.24, 2.45) is 28.9 Å². The Balaban J connectivity index is 1.89. The molecule has 4 aliphatic rings. The van der Waals surface area contributed by atoms with Crippen LogP contribution in [0, 0.1) is 23.2 Å². The summed E-state index contributed by atoms with van der Waals surface area (Å²) in [7, 11) is -0.245. The van der Waals surface area contributed by atoms with Gasteiger partial charge in [0.05, 0.1) is 11.2 Å². The van der Waals surface area contributed by atoms with Gasteiger partial charge in [-0.25, -0.2) is 0 Å². The second-order valence-corrected chi connectivity index (χ2v) is 8.27. The summed E-state index contributed by atoms with van der Waals surface area (Å²) in [6.45, 7) is 13.5. The number of rotatable bonds is 2. The van der Waals surface area contributed by atoms with Crippen molar-refractivity contribution in [3.05, 3.63) is 0 Å². The second-order valence-electron chi connectivity index (χ2n) is 8.27. The molecule has 0 radical (unpaired) electrons. The normalized spacial score (nSPS) is 48.9. The SMILES string of the molecule is CC(C)[C@H](N)B1O[C@]2(C)C[C@@H]3C[C@@H](C3(C)C)[C@]2(C)O1. The summed E-state index contributed by atoms with van der Waals surface area (Å²) in [6.07, 6.45) is 2.39. The zero-order chi connectivity index (χ0) is 14.2. The van der Waals surface area contributed by atoms with E-state index in [1.807, 2.05) is 0 Å². The van der Waals surface area contributed by atoms with Gasteiger partial charge in [0.2, 0.25) is 0 Å². The van der Waals surface area contributed by atoms with Gasteiger partial charge >= 0.3 is 7.12 Å². The van der Waals surface area contributed by atoms with E-state index in [-0.39, 0.29) is 24.3 Å². The van der Waals surface area contributed by atoms with Crippen LogP contribution in [-0.4, -0.2) is 24.3 Å². The molecule has 0 aromatic heterocycles. The summed E-state index contributed by atoms with van der Waals surface area (Å²) in [5.74, 6) is 1.70. The van der Waals surface area contributed by atoms with Gasteiger partial charge in [0, 0.05) is 5.94 Å². The molecule has 19 heavy (non-hydrogen) atoms. The first-order valence-electron chi connectivity index (χ1n) is 7.73. The van der Waals surface area contributed by atoms with Gasteiger partial charge in [-0.2, -0.15) is 0 Å². The molecule has 5 atom stereocenters. The van der Waals surface area contributed by atoms with E-state index in [1.54, 1.807) is 0 Å². The molecule has 3 saturated carbocycles. The number of hydrogen-bond donors (Lipinski definition) is 1. The van der Waals surface area contributed by atoms with Gasteiger partial charge < -0.3 is 15.0 Å². The fraction of sp³-hybridized carbons (Fsp3) is 1.00. The maximum Gasteiger partial charge on any atom is 0.476 e. The highest BCUT2D eigenvalue weighted by Gasteiger charge is 2.73. The average molecular weight is 265 g/mol. The lowest BCUT2D eigenvalue weighted by molar-refractivity contribution is -0.235. The lowest BCUT2D eigenvalue weighted by Crippen LogP contribution is -2.70. The summed E-state index contributed by atoms with van der Waals surface area (Å²) in [4.78, 5) is 0. The highest BCUT2D eigenvalue weighted by atomic mass is 16.7. The fourth-order valence-corrected chi connectivity index (χ4v) is 4.70. The van der Waals surface area contributed by atoms with Crippen molar-refractivity contribution in [1.82, 2.24) is 0 Å². The average Bonchev–Trinajstić information content (AvgIpc) is 2.59. The Kier molecular flexibility index (Phi) is 2.76.